The Hall–Kier alpha value is -3.67. The maximum Gasteiger partial charge on any atom is 0.306 e. The van der Waals surface area contributed by atoms with Crippen molar-refractivity contribution in [2.24, 2.45) is 0 Å². The van der Waals surface area contributed by atoms with Crippen LogP contribution in [0.5, 0.6) is 0 Å². The first kappa shape index (κ1) is 52.3. The molecule has 0 heterocycles. The van der Waals surface area contributed by atoms with Gasteiger partial charge < -0.3 is 14.2 Å². The van der Waals surface area contributed by atoms with E-state index in [2.05, 4.69) is 69.4 Å². The van der Waals surface area contributed by atoms with Crippen molar-refractivity contribution in [3.05, 3.63) is 97.2 Å². The van der Waals surface area contributed by atoms with Crippen LogP contribution in [0.25, 0.3) is 0 Å². The van der Waals surface area contributed by atoms with Crippen LogP contribution in [0.4, 0.5) is 0 Å². The van der Waals surface area contributed by atoms with Gasteiger partial charge in [-0.25, -0.2) is 0 Å². The molecule has 0 aliphatic rings. The van der Waals surface area contributed by atoms with Crippen molar-refractivity contribution in [2.45, 2.75) is 187 Å². The summed E-state index contributed by atoms with van der Waals surface area (Å²) in [7, 11) is 0. The van der Waals surface area contributed by atoms with Gasteiger partial charge in [0.1, 0.15) is 13.2 Å². The fraction of sp³-hybridized carbons (Fsp3) is 0.620. The number of rotatable bonds is 38. The van der Waals surface area contributed by atoms with Crippen molar-refractivity contribution in [1.82, 2.24) is 0 Å². The molecule has 0 bridgehead atoms. The number of esters is 3. The molecular formula is C50H80O6. The lowest BCUT2D eigenvalue weighted by Crippen LogP contribution is -2.30. The Morgan fingerprint density at radius 1 is 0.393 bits per heavy atom. The van der Waals surface area contributed by atoms with Gasteiger partial charge in [0.2, 0.25) is 0 Å². The number of ether oxygens (including phenoxy) is 3. The highest BCUT2D eigenvalue weighted by Gasteiger charge is 2.19. The van der Waals surface area contributed by atoms with Crippen LogP contribution in [-0.4, -0.2) is 37.2 Å². The summed E-state index contributed by atoms with van der Waals surface area (Å²) >= 11 is 0. The fourth-order valence-electron chi connectivity index (χ4n) is 5.66. The smallest absolute Gasteiger partial charge is 0.306 e. The van der Waals surface area contributed by atoms with E-state index in [1.807, 2.05) is 48.6 Å². The quantitative estimate of drug-likeness (QED) is 0.0204. The molecule has 6 heteroatoms. The topological polar surface area (TPSA) is 78.9 Å². The molecule has 316 valence electrons. The van der Waals surface area contributed by atoms with Crippen LogP contribution in [0.15, 0.2) is 97.2 Å². The second kappa shape index (κ2) is 44.0. The van der Waals surface area contributed by atoms with Crippen LogP contribution < -0.4 is 0 Å². The lowest BCUT2D eigenvalue weighted by atomic mass is 10.0. The summed E-state index contributed by atoms with van der Waals surface area (Å²) in [5, 5.41) is 0. The SMILES string of the molecule is CC\C=C/C=C\C=C/C=C\C=C/CCCCCC(=O)OCC(COC(=O)CCC/C=C\C/C=C\C/C=C\CC)OC(=O)CCCCCCCCCCCCCC. The van der Waals surface area contributed by atoms with Crippen molar-refractivity contribution in [3.8, 4) is 0 Å². The van der Waals surface area contributed by atoms with E-state index >= 15 is 0 Å². The van der Waals surface area contributed by atoms with Gasteiger partial charge in [0, 0.05) is 19.3 Å². The molecule has 1 unspecified atom stereocenters. The molecule has 0 aromatic heterocycles. The molecule has 0 aromatic carbocycles. The molecule has 0 aromatic rings. The van der Waals surface area contributed by atoms with Gasteiger partial charge in [-0.15, -0.1) is 0 Å². The van der Waals surface area contributed by atoms with Gasteiger partial charge in [-0.05, 0) is 64.2 Å². The van der Waals surface area contributed by atoms with Gasteiger partial charge in [-0.2, -0.15) is 0 Å². The molecule has 0 amide bonds. The molecule has 0 aliphatic heterocycles. The average molecular weight is 777 g/mol. The largest absolute Gasteiger partial charge is 0.462 e. The Labute approximate surface area is 343 Å². The van der Waals surface area contributed by atoms with E-state index in [4.69, 9.17) is 14.2 Å². The Morgan fingerprint density at radius 2 is 0.804 bits per heavy atom. The van der Waals surface area contributed by atoms with Crippen molar-refractivity contribution < 1.29 is 28.6 Å². The first-order valence-electron chi connectivity index (χ1n) is 22.3. The third kappa shape index (κ3) is 41.5. The molecule has 0 saturated heterocycles. The number of carbonyl (C=O) groups is 3. The Balaban J connectivity index is 4.54. The Bertz CT molecular complexity index is 1170. The van der Waals surface area contributed by atoms with Gasteiger partial charge in [0.05, 0.1) is 0 Å². The minimum absolute atomic E-state index is 0.116. The number of carbonyl (C=O) groups excluding carboxylic acids is 3. The molecular weight excluding hydrogens is 697 g/mol. The van der Waals surface area contributed by atoms with Crippen LogP contribution in [0.1, 0.15) is 181 Å². The van der Waals surface area contributed by atoms with Crippen LogP contribution in [-0.2, 0) is 28.6 Å². The summed E-state index contributed by atoms with van der Waals surface area (Å²) in [6.07, 6.45) is 56.8. The minimum Gasteiger partial charge on any atom is -0.462 e. The molecule has 0 spiro atoms. The van der Waals surface area contributed by atoms with E-state index in [1.165, 1.54) is 57.8 Å². The lowest BCUT2D eigenvalue weighted by Gasteiger charge is -2.18. The maximum absolute atomic E-state index is 12.7. The van der Waals surface area contributed by atoms with Gasteiger partial charge in [0.15, 0.2) is 6.10 Å². The van der Waals surface area contributed by atoms with Crippen LogP contribution in [0.2, 0.25) is 0 Å². The van der Waals surface area contributed by atoms with E-state index < -0.39 is 6.10 Å². The predicted octanol–water partition coefficient (Wildman–Crippen LogP) is 14.2. The van der Waals surface area contributed by atoms with Crippen LogP contribution >= 0.6 is 0 Å². The second-order valence-corrected chi connectivity index (χ2v) is 14.3. The lowest BCUT2D eigenvalue weighted by molar-refractivity contribution is -0.167. The van der Waals surface area contributed by atoms with Gasteiger partial charge in [-0.3, -0.25) is 14.4 Å². The molecule has 56 heavy (non-hydrogen) atoms. The molecule has 0 fully saturated rings. The highest BCUT2D eigenvalue weighted by molar-refractivity contribution is 5.71. The van der Waals surface area contributed by atoms with Crippen LogP contribution in [0, 0.1) is 0 Å². The second-order valence-electron chi connectivity index (χ2n) is 14.3. The normalized spacial score (nSPS) is 13.0. The van der Waals surface area contributed by atoms with Crippen LogP contribution in [0.3, 0.4) is 0 Å². The molecule has 0 N–H and O–H groups in total. The molecule has 0 radical (unpaired) electrons. The molecule has 1 atom stereocenters. The summed E-state index contributed by atoms with van der Waals surface area (Å²) in [5.74, 6) is -1.02. The highest BCUT2D eigenvalue weighted by Crippen LogP contribution is 2.14. The summed E-state index contributed by atoms with van der Waals surface area (Å²) in [4.78, 5) is 37.7. The standard InChI is InChI=1S/C50H80O6/c1-4-7-10-13-16-19-22-24-25-26-29-31-34-37-40-43-49(52)55-46-47(45-54-48(51)42-39-36-33-30-27-21-18-15-12-9-6-3)56-50(53)44-41-38-35-32-28-23-20-17-14-11-8-5-2/h7,9-10,12-13,16,18-19,21-22,24-26,29-30,33,47H,4-6,8,11,14-15,17,20,23,27-28,31-32,34-46H2,1-3H3/b10-7-,12-9-,16-13-,21-18-,22-19-,25-24-,29-26-,33-30-. The maximum atomic E-state index is 12.7. The van der Waals surface area contributed by atoms with E-state index in [9.17, 15) is 14.4 Å². The van der Waals surface area contributed by atoms with Crippen molar-refractivity contribution in [1.29, 1.82) is 0 Å². The monoisotopic (exact) mass is 777 g/mol. The molecule has 0 rings (SSSR count). The third-order valence-corrected chi connectivity index (χ3v) is 8.96. The van der Waals surface area contributed by atoms with E-state index in [0.717, 1.165) is 77.0 Å². The zero-order valence-corrected chi connectivity index (χ0v) is 35.9. The van der Waals surface area contributed by atoms with Gasteiger partial charge >= 0.3 is 17.9 Å². The van der Waals surface area contributed by atoms with Crippen molar-refractivity contribution in [3.63, 3.8) is 0 Å². The summed E-state index contributed by atoms with van der Waals surface area (Å²) in [5.41, 5.74) is 0. The van der Waals surface area contributed by atoms with Gasteiger partial charge in [0.25, 0.3) is 0 Å². The van der Waals surface area contributed by atoms with Crippen molar-refractivity contribution in [2.75, 3.05) is 13.2 Å². The zero-order chi connectivity index (χ0) is 40.8. The summed E-state index contributed by atoms with van der Waals surface area (Å²) in [6, 6.07) is 0. The van der Waals surface area contributed by atoms with E-state index in [1.54, 1.807) is 0 Å². The van der Waals surface area contributed by atoms with Gasteiger partial charge in [-0.1, -0.05) is 195 Å². The number of hydrogen-bond acceptors (Lipinski definition) is 6. The first-order chi connectivity index (χ1) is 27.5. The summed E-state index contributed by atoms with van der Waals surface area (Å²) in [6.45, 7) is 6.26. The summed E-state index contributed by atoms with van der Waals surface area (Å²) < 4.78 is 16.6. The fourth-order valence-corrected chi connectivity index (χ4v) is 5.66. The van der Waals surface area contributed by atoms with E-state index in [-0.39, 0.29) is 37.5 Å². The molecule has 6 nitrogen and oxygen atoms in total. The highest BCUT2D eigenvalue weighted by atomic mass is 16.6. The Kier molecular flexibility index (Phi) is 41.2. The van der Waals surface area contributed by atoms with E-state index in [0.29, 0.717) is 19.3 Å². The molecule has 0 saturated carbocycles. The minimum atomic E-state index is -0.812. The predicted molar refractivity (Wildman–Crippen MR) is 237 cm³/mol. The Morgan fingerprint density at radius 3 is 1.36 bits per heavy atom. The zero-order valence-electron chi connectivity index (χ0n) is 35.9. The van der Waals surface area contributed by atoms with Crippen molar-refractivity contribution >= 4 is 17.9 Å². The number of allylic oxidation sites excluding steroid dienone is 16. The third-order valence-electron chi connectivity index (χ3n) is 8.96. The average Bonchev–Trinajstić information content (AvgIpc) is 3.19. The first-order valence-corrected chi connectivity index (χ1v) is 22.3. The molecule has 0 aliphatic carbocycles. The number of hydrogen-bond donors (Lipinski definition) is 0. The number of unbranched alkanes of at least 4 members (excludes halogenated alkanes) is 15.